The number of anilines is 2. The highest BCUT2D eigenvalue weighted by molar-refractivity contribution is 6.13. The SMILES string of the molecule is Cc1cc(OC2CCNCC2)ccc1NC(=O)c1nc[nH]c1C(=O)Nc1nc2ccccc2[nH]1. The Hall–Kier alpha value is -4.18. The van der Waals surface area contributed by atoms with Gasteiger partial charge < -0.3 is 25.3 Å². The highest BCUT2D eigenvalue weighted by Crippen LogP contribution is 2.24. The summed E-state index contributed by atoms with van der Waals surface area (Å²) < 4.78 is 6.07. The van der Waals surface area contributed by atoms with E-state index in [1.54, 1.807) is 6.07 Å². The van der Waals surface area contributed by atoms with Crippen LogP contribution in [0.1, 0.15) is 39.4 Å². The number of fused-ring (bicyclic) bond motifs is 1. The summed E-state index contributed by atoms with van der Waals surface area (Å²) in [4.78, 5) is 39.9. The van der Waals surface area contributed by atoms with E-state index in [9.17, 15) is 9.59 Å². The van der Waals surface area contributed by atoms with E-state index in [4.69, 9.17) is 4.74 Å². The molecular weight excluding hydrogens is 434 g/mol. The lowest BCUT2D eigenvalue weighted by Gasteiger charge is -2.24. The van der Waals surface area contributed by atoms with E-state index in [-0.39, 0.29) is 23.4 Å². The summed E-state index contributed by atoms with van der Waals surface area (Å²) in [7, 11) is 0. The second-order valence-electron chi connectivity index (χ2n) is 8.18. The van der Waals surface area contributed by atoms with Crippen LogP contribution in [0.2, 0.25) is 0 Å². The number of H-pyrrole nitrogens is 2. The number of imidazole rings is 2. The molecule has 1 aliphatic heterocycles. The molecule has 0 spiro atoms. The summed E-state index contributed by atoms with van der Waals surface area (Å²) in [6.07, 6.45) is 3.44. The van der Waals surface area contributed by atoms with Crippen LogP contribution in [0, 0.1) is 6.92 Å². The highest BCUT2D eigenvalue weighted by Gasteiger charge is 2.22. The minimum Gasteiger partial charge on any atom is -0.490 e. The van der Waals surface area contributed by atoms with Crippen LogP contribution in [0.15, 0.2) is 48.8 Å². The van der Waals surface area contributed by atoms with E-state index >= 15 is 0 Å². The van der Waals surface area contributed by atoms with Gasteiger partial charge in [0.1, 0.15) is 17.5 Å². The van der Waals surface area contributed by atoms with Crippen molar-refractivity contribution in [2.24, 2.45) is 0 Å². The number of hydrogen-bond acceptors (Lipinski definition) is 6. The summed E-state index contributed by atoms with van der Waals surface area (Å²) in [6.45, 7) is 3.80. The van der Waals surface area contributed by atoms with Gasteiger partial charge in [-0.25, -0.2) is 9.97 Å². The molecular formula is C24H25N7O3. The van der Waals surface area contributed by atoms with Crippen molar-refractivity contribution in [3.05, 3.63) is 65.7 Å². The first-order valence-corrected chi connectivity index (χ1v) is 11.2. The maximum atomic E-state index is 12.9. The van der Waals surface area contributed by atoms with Crippen LogP contribution in [0.5, 0.6) is 5.75 Å². The van der Waals surface area contributed by atoms with Crippen LogP contribution >= 0.6 is 0 Å². The number of benzene rings is 2. The van der Waals surface area contributed by atoms with Crippen molar-refractivity contribution in [2.75, 3.05) is 23.7 Å². The van der Waals surface area contributed by atoms with Gasteiger partial charge in [0.15, 0.2) is 5.69 Å². The average molecular weight is 460 g/mol. The molecule has 0 aliphatic carbocycles. The van der Waals surface area contributed by atoms with Gasteiger partial charge in [0.2, 0.25) is 5.95 Å². The lowest BCUT2D eigenvalue weighted by atomic mass is 10.1. The van der Waals surface area contributed by atoms with Crippen LogP contribution in [-0.4, -0.2) is 50.9 Å². The lowest BCUT2D eigenvalue weighted by Crippen LogP contribution is -2.34. The number of aromatic nitrogens is 4. The third kappa shape index (κ3) is 4.62. The molecule has 174 valence electrons. The Morgan fingerprint density at radius 2 is 1.88 bits per heavy atom. The van der Waals surface area contributed by atoms with Crippen LogP contribution in [0.4, 0.5) is 11.6 Å². The van der Waals surface area contributed by atoms with Gasteiger partial charge in [0.25, 0.3) is 11.8 Å². The number of hydrogen-bond donors (Lipinski definition) is 5. The fourth-order valence-corrected chi connectivity index (χ4v) is 3.96. The molecule has 3 heterocycles. The molecule has 5 N–H and O–H groups in total. The van der Waals surface area contributed by atoms with Crippen molar-refractivity contribution in [1.29, 1.82) is 0 Å². The van der Waals surface area contributed by atoms with Crippen molar-refractivity contribution >= 4 is 34.5 Å². The molecule has 10 heteroatoms. The number of carbonyl (C=O) groups excluding carboxylic acids is 2. The fourth-order valence-electron chi connectivity index (χ4n) is 3.96. The van der Waals surface area contributed by atoms with Gasteiger partial charge in [-0.05, 0) is 68.8 Å². The summed E-state index contributed by atoms with van der Waals surface area (Å²) in [5, 5.41) is 8.82. The molecule has 0 unspecified atom stereocenters. The van der Waals surface area contributed by atoms with E-state index < -0.39 is 11.8 Å². The van der Waals surface area contributed by atoms with Crippen molar-refractivity contribution in [3.8, 4) is 5.75 Å². The molecule has 0 atom stereocenters. The topological polar surface area (TPSA) is 137 Å². The maximum Gasteiger partial charge on any atom is 0.276 e. The number of nitrogens with zero attached hydrogens (tertiary/aromatic N) is 2. The minimum absolute atomic E-state index is 0.0111. The summed E-state index contributed by atoms with van der Waals surface area (Å²) in [6, 6.07) is 13.0. The molecule has 2 amide bonds. The fraction of sp³-hybridized carbons (Fsp3) is 0.250. The van der Waals surface area contributed by atoms with Gasteiger partial charge in [-0.1, -0.05) is 12.1 Å². The minimum atomic E-state index is -0.524. The Labute approximate surface area is 195 Å². The molecule has 10 nitrogen and oxygen atoms in total. The number of para-hydroxylation sites is 2. The number of amides is 2. The van der Waals surface area contributed by atoms with Crippen LogP contribution in [0.25, 0.3) is 11.0 Å². The lowest BCUT2D eigenvalue weighted by molar-refractivity contribution is 0.0985. The molecule has 2 aromatic carbocycles. The van der Waals surface area contributed by atoms with Crippen molar-refractivity contribution in [1.82, 2.24) is 25.3 Å². The van der Waals surface area contributed by atoms with Gasteiger partial charge in [-0.3, -0.25) is 14.9 Å². The third-order valence-corrected chi connectivity index (χ3v) is 5.74. The zero-order chi connectivity index (χ0) is 23.5. The van der Waals surface area contributed by atoms with Crippen molar-refractivity contribution in [2.45, 2.75) is 25.9 Å². The summed E-state index contributed by atoms with van der Waals surface area (Å²) in [5.41, 5.74) is 3.02. The molecule has 5 rings (SSSR count). The quantitative estimate of drug-likeness (QED) is 0.300. The first-order valence-electron chi connectivity index (χ1n) is 11.2. The molecule has 1 saturated heterocycles. The first-order chi connectivity index (χ1) is 16.6. The number of aryl methyl sites for hydroxylation is 1. The third-order valence-electron chi connectivity index (χ3n) is 5.74. The molecule has 4 aromatic rings. The van der Waals surface area contributed by atoms with Gasteiger partial charge in [-0.2, -0.15) is 0 Å². The maximum absolute atomic E-state index is 12.9. The number of ether oxygens (including phenoxy) is 1. The molecule has 0 bridgehead atoms. The Morgan fingerprint density at radius 1 is 1.06 bits per heavy atom. The van der Waals surface area contributed by atoms with Crippen LogP contribution in [-0.2, 0) is 0 Å². The molecule has 0 radical (unpaired) electrons. The van der Waals surface area contributed by atoms with E-state index in [0.29, 0.717) is 5.69 Å². The van der Waals surface area contributed by atoms with Gasteiger partial charge in [0.05, 0.1) is 17.4 Å². The smallest absolute Gasteiger partial charge is 0.276 e. The zero-order valence-corrected chi connectivity index (χ0v) is 18.6. The van der Waals surface area contributed by atoms with E-state index in [0.717, 1.165) is 48.3 Å². The first kappa shape index (κ1) is 21.7. The molecule has 0 saturated carbocycles. The van der Waals surface area contributed by atoms with Gasteiger partial charge >= 0.3 is 0 Å². The number of aromatic amines is 2. The summed E-state index contributed by atoms with van der Waals surface area (Å²) >= 11 is 0. The Bertz CT molecular complexity index is 1300. The van der Waals surface area contributed by atoms with Crippen molar-refractivity contribution < 1.29 is 14.3 Å². The van der Waals surface area contributed by atoms with E-state index in [1.807, 2.05) is 43.3 Å². The monoisotopic (exact) mass is 459 g/mol. The Morgan fingerprint density at radius 3 is 2.68 bits per heavy atom. The highest BCUT2D eigenvalue weighted by atomic mass is 16.5. The van der Waals surface area contributed by atoms with Gasteiger partial charge in [-0.15, -0.1) is 0 Å². The summed E-state index contributed by atoms with van der Waals surface area (Å²) in [5.74, 6) is 0.0377. The molecule has 34 heavy (non-hydrogen) atoms. The number of nitrogens with one attached hydrogen (secondary N) is 5. The predicted molar refractivity (Wildman–Crippen MR) is 128 cm³/mol. The predicted octanol–water partition coefficient (Wildman–Crippen LogP) is 3.23. The molecule has 1 fully saturated rings. The molecule has 2 aromatic heterocycles. The van der Waals surface area contributed by atoms with E-state index in [2.05, 4.69) is 35.9 Å². The second kappa shape index (κ2) is 9.36. The van der Waals surface area contributed by atoms with Crippen LogP contribution in [0.3, 0.4) is 0 Å². The Balaban J connectivity index is 1.26. The number of piperidine rings is 1. The van der Waals surface area contributed by atoms with Crippen LogP contribution < -0.4 is 20.7 Å². The van der Waals surface area contributed by atoms with Crippen molar-refractivity contribution in [3.63, 3.8) is 0 Å². The standard InChI is InChI=1S/C24H25N7O3/c1-14-12-16(34-15-8-10-25-11-9-15)6-7-17(14)28-22(32)20-21(27-13-26-20)23(33)31-24-29-18-4-2-3-5-19(18)30-24/h2-7,12-13,15,25H,8-11H2,1H3,(H,26,27)(H,28,32)(H2,29,30,31,33). The average Bonchev–Trinajstić information content (AvgIpc) is 3.48. The largest absolute Gasteiger partial charge is 0.490 e. The number of rotatable bonds is 6. The van der Waals surface area contributed by atoms with Gasteiger partial charge in [0, 0.05) is 5.69 Å². The second-order valence-corrected chi connectivity index (χ2v) is 8.18. The number of carbonyl (C=O) groups is 2. The van der Waals surface area contributed by atoms with E-state index in [1.165, 1.54) is 6.33 Å². The molecule has 1 aliphatic rings. The Kier molecular flexibility index (Phi) is 5.96. The normalized spacial score (nSPS) is 14.1. The zero-order valence-electron chi connectivity index (χ0n) is 18.6.